The van der Waals surface area contributed by atoms with Crippen LogP contribution < -0.4 is 10.1 Å². The third-order valence-corrected chi connectivity index (χ3v) is 4.06. The number of carbonyl (C=O) groups excluding carboxylic acids is 2. The molecule has 1 fully saturated rings. The molecule has 0 radical (unpaired) electrons. The van der Waals surface area contributed by atoms with E-state index in [1.54, 1.807) is 18.3 Å². The highest BCUT2D eigenvalue weighted by molar-refractivity contribution is 5.93. The maximum absolute atomic E-state index is 12.1. The van der Waals surface area contributed by atoms with E-state index in [9.17, 15) is 9.59 Å². The quantitative estimate of drug-likeness (QED) is 0.814. The number of rotatable bonds is 6. The van der Waals surface area contributed by atoms with Crippen molar-refractivity contribution in [2.45, 2.75) is 45.6 Å². The van der Waals surface area contributed by atoms with Gasteiger partial charge in [-0.3, -0.25) is 4.79 Å². The molecule has 2 rings (SSSR count). The summed E-state index contributed by atoms with van der Waals surface area (Å²) in [7, 11) is 0. The summed E-state index contributed by atoms with van der Waals surface area (Å²) in [5.74, 6) is -0.181. The number of carbonyl (C=O) groups is 2. The second kappa shape index (κ2) is 8.50. The van der Waals surface area contributed by atoms with Gasteiger partial charge >= 0.3 is 5.97 Å². The lowest BCUT2D eigenvalue weighted by molar-refractivity contribution is -0.125. The Bertz CT molecular complexity index is 547. The van der Waals surface area contributed by atoms with Crippen LogP contribution in [-0.4, -0.2) is 36.1 Å². The fourth-order valence-electron chi connectivity index (χ4n) is 2.79. The second-order valence-electron chi connectivity index (χ2n) is 5.80. The molecule has 1 aromatic rings. The zero-order valence-electron chi connectivity index (χ0n) is 13.7. The van der Waals surface area contributed by atoms with Crippen LogP contribution in [0.25, 0.3) is 0 Å². The number of nitrogens with one attached hydrogen (secondary N) is 1. The highest BCUT2D eigenvalue weighted by atomic mass is 16.5. The van der Waals surface area contributed by atoms with Gasteiger partial charge in [0.05, 0.1) is 6.61 Å². The summed E-state index contributed by atoms with van der Waals surface area (Å²) in [6, 6.07) is 3.37. The van der Waals surface area contributed by atoms with Gasteiger partial charge in [0.25, 0.3) is 5.91 Å². The smallest absolute Gasteiger partial charge is 0.344 e. The summed E-state index contributed by atoms with van der Waals surface area (Å²) in [5.41, 5.74) is 0.230. The fourth-order valence-corrected chi connectivity index (χ4v) is 2.79. The normalized spacial score (nSPS) is 20.6. The van der Waals surface area contributed by atoms with Crippen LogP contribution in [-0.2, 0) is 9.53 Å². The first kappa shape index (κ1) is 17.2. The predicted molar refractivity (Wildman–Crippen MR) is 85.3 cm³/mol. The standard InChI is InChI=1S/C17H24N2O4/c1-3-22-16-13(8-6-10-18-16)17(21)23-11-15(20)19-14-9-5-4-7-12(14)2/h6,8,10,12,14H,3-5,7,9,11H2,1-2H3,(H,19,20)/t12-,14-/m1/s1. The van der Waals surface area contributed by atoms with Gasteiger partial charge in [-0.1, -0.05) is 19.8 Å². The molecule has 0 spiro atoms. The van der Waals surface area contributed by atoms with Crippen molar-refractivity contribution in [1.29, 1.82) is 0 Å². The summed E-state index contributed by atoms with van der Waals surface area (Å²) >= 11 is 0. The molecule has 0 unspecified atom stereocenters. The Labute approximate surface area is 136 Å². The third-order valence-electron chi connectivity index (χ3n) is 4.06. The number of hydrogen-bond acceptors (Lipinski definition) is 5. The zero-order chi connectivity index (χ0) is 16.7. The van der Waals surface area contributed by atoms with E-state index in [1.165, 1.54) is 6.42 Å². The van der Waals surface area contributed by atoms with Gasteiger partial charge in [0.2, 0.25) is 5.88 Å². The molecule has 1 amide bonds. The van der Waals surface area contributed by atoms with E-state index >= 15 is 0 Å². The number of nitrogens with zero attached hydrogens (tertiary/aromatic N) is 1. The van der Waals surface area contributed by atoms with Crippen LogP contribution in [0.5, 0.6) is 5.88 Å². The lowest BCUT2D eigenvalue weighted by Crippen LogP contribution is -2.42. The number of pyridine rings is 1. The van der Waals surface area contributed by atoms with E-state index in [2.05, 4.69) is 17.2 Å². The predicted octanol–water partition coefficient (Wildman–Crippen LogP) is 2.33. The Morgan fingerprint density at radius 1 is 1.35 bits per heavy atom. The molecule has 1 saturated carbocycles. The molecule has 0 aliphatic heterocycles. The minimum Gasteiger partial charge on any atom is -0.477 e. The first-order chi connectivity index (χ1) is 11.1. The first-order valence-electron chi connectivity index (χ1n) is 8.16. The van der Waals surface area contributed by atoms with Crippen molar-refractivity contribution >= 4 is 11.9 Å². The molecule has 6 heteroatoms. The summed E-state index contributed by atoms with van der Waals surface area (Å²) in [6.45, 7) is 4.06. The maximum Gasteiger partial charge on any atom is 0.344 e. The van der Waals surface area contributed by atoms with Gasteiger partial charge in [0.15, 0.2) is 6.61 Å². The Kier molecular flexibility index (Phi) is 6.38. The largest absolute Gasteiger partial charge is 0.477 e. The molecule has 6 nitrogen and oxygen atoms in total. The van der Waals surface area contributed by atoms with Crippen molar-refractivity contribution in [2.75, 3.05) is 13.2 Å². The number of hydrogen-bond donors (Lipinski definition) is 1. The summed E-state index contributed by atoms with van der Waals surface area (Å²) < 4.78 is 10.4. The Balaban J connectivity index is 1.85. The number of esters is 1. The van der Waals surface area contributed by atoms with Gasteiger partial charge in [0, 0.05) is 12.2 Å². The van der Waals surface area contributed by atoms with Gasteiger partial charge in [-0.25, -0.2) is 9.78 Å². The van der Waals surface area contributed by atoms with Crippen molar-refractivity contribution in [2.24, 2.45) is 5.92 Å². The zero-order valence-corrected chi connectivity index (χ0v) is 13.7. The topological polar surface area (TPSA) is 77.5 Å². The molecule has 126 valence electrons. The molecule has 23 heavy (non-hydrogen) atoms. The minimum absolute atomic E-state index is 0.173. The van der Waals surface area contributed by atoms with E-state index in [-0.39, 0.29) is 30.0 Å². The van der Waals surface area contributed by atoms with Crippen molar-refractivity contribution in [3.63, 3.8) is 0 Å². The molecule has 1 N–H and O–H groups in total. The van der Waals surface area contributed by atoms with Crippen LogP contribution in [0.1, 0.15) is 49.9 Å². The van der Waals surface area contributed by atoms with Crippen LogP contribution in [0.3, 0.4) is 0 Å². The lowest BCUT2D eigenvalue weighted by atomic mass is 9.86. The number of amides is 1. The molecule has 0 aromatic carbocycles. The van der Waals surface area contributed by atoms with E-state index in [1.807, 2.05) is 6.92 Å². The summed E-state index contributed by atoms with van der Waals surface area (Å²) in [6.07, 6.45) is 5.99. The van der Waals surface area contributed by atoms with Crippen LogP contribution in [0, 0.1) is 5.92 Å². The summed E-state index contributed by atoms with van der Waals surface area (Å²) in [4.78, 5) is 28.0. The monoisotopic (exact) mass is 320 g/mol. The summed E-state index contributed by atoms with van der Waals surface area (Å²) in [5, 5.41) is 2.95. The minimum atomic E-state index is -0.603. The molecular weight excluding hydrogens is 296 g/mol. The van der Waals surface area contributed by atoms with Gasteiger partial charge < -0.3 is 14.8 Å². The van der Waals surface area contributed by atoms with Crippen LogP contribution in [0.2, 0.25) is 0 Å². The highest BCUT2D eigenvalue weighted by Crippen LogP contribution is 2.23. The maximum atomic E-state index is 12.1. The fraction of sp³-hybridized carbons (Fsp3) is 0.588. The van der Waals surface area contributed by atoms with Crippen LogP contribution in [0.4, 0.5) is 0 Å². The second-order valence-corrected chi connectivity index (χ2v) is 5.80. The molecule has 1 heterocycles. The van der Waals surface area contributed by atoms with Gasteiger partial charge in [-0.15, -0.1) is 0 Å². The van der Waals surface area contributed by atoms with Crippen molar-refractivity contribution in [3.8, 4) is 5.88 Å². The molecule has 2 atom stereocenters. The Hall–Kier alpha value is -2.11. The van der Waals surface area contributed by atoms with E-state index in [0.29, 0.717) is 12.5 Å². The van der Waals surface area contributed by atoms with Crippen LogP contribution >= 0.6 is 0 Å². The highest BCUT2D eigenvalue weighted by Gasteiger charge is 2.23. The average molecular weight is 320 g/mol. The van der Waals surface area contributed by atoms with Crippen molar-refractivity contribution in [3.05, 3.63) is 23.9 Å². The van der Waals surface area contributed by atoms with Gasteiger partial charge in [0.1, 0.15) is 5.56 Å². The van der Waals surface area contributed by atoms with Crippen molar-refractivity contribution < 1.29 is 19.1 Å². The SMILES string of the molecule is CCOc1ncccc1C(=O)OCC(=O)N[C@@H]1CCCC[C@H]1C. The molecule has 0 saturated heterocycles. The average Bonchev–Trinajstić information content (AvgIpc) is 2.55. The van der Waals surface area contributed by atoms with Crippen molar-refractivity contribution in [1.82, 2.24) is 10.3 Å². The van der Waals surface area contributed by atoms with E-state index < -0.39 is 5.97 Å². The molecular formula is C17H24N2O4. The molecule has 1 aliphatic carbocycles. The first-order valence-corrected chi connectivity index (χ1v) is 8.16. The van der Waals surface area contributed by atoms with E-state index in [4.69, 9.17) is 9.47 Å². The third kappa shape index (κ3) is 4.94. The van der Waals surface area contributed by atoms with Gasteiger partial charge in [-0.2, -0.15) is 0 Å². The molecule has 0 bridgehead atoms. The van der Waals surface area contributed by atoms with Crippen LogP contribution in [0.15, 0.2) is 18.3 Å². The number of ether oxygens (including phenoxy) is 2. The molecule has 1 aromatic heterocycles. The van der Waals surface area contributed by atoms with Gasteiger partial charge in [-0.05, 0) is 37.8 Å². The number of aromatic nitrogens is 1. The Morgan fingerprint density at radius 2 is 2.13 bits per heavy atom. The van der Waals surface area contributed by atoms with E-state index in [0.717, 1.165) is 19.3 Å². The lowest BCUT2D eigenvalue weighted by Gasteiger charge is -2.29. The Morgan fingerprint density at radius 3 is 2.87 bits per heavy atom. The molecule has 1 aliphatic rings.